The van der Waals surface area contributed by atoms with Gasteiger partial charge in [-0.2, -0.15) is 0 Å². The van der Waals surface area contributed by atoms with Crippen molar-refractivity contribution in [1.29, 1.82) is 0 Å². The Hall–Kier alpha value is -2.13. The van der Waals surface area contributed by atoms with E-state index in [1.165, 1.54) is 0 Å². The van der Waals surface area contributed by atoms with Crippen LogP contribution in [0.2, 0.25) is 5.02 Å². The van der Waals surface area contributed by atoms with Crippen LogP contribution < -0.4 is 5.32 Å². The number of carbonyl (C=O) groups excluding carboxylic acids is 2. The Morgan fingerprint density at radius 2 is 1.75 bits per heavy atom. The average Bonchev–Trinajstić information content (AvgIpc) is 2.48. The third kappa shape index (κ3) is 3.45. The number of benzene rings is 2. The minimum Gasteiger partial charge on any atom is -0.345 e. The number of hydrogen-bond donors (Lipinski definition) is 1. The first-order valence-electron chi connectivity index (χ1n) is 6.20. The Morgan fingerprint density at radius 3 is 2.40 bits per heavy atom. The lowest BCUT2D eigenvalue weighted by Crippen LogP contribution is -2.29. The highest BCUT2D eigenvalue weighted by Crippen LogP contribution is 2.16. The molecule has 2 aromatic carbocycles. The summed E-state index contributed by atoms with van der Waals surface area (Å²) in [5, 5.41) is 3.13. The predicted molar refractivity (Wildman–Crippen MR) is 79.3 cm³/mol. The second-order valence-corrected chi connectivity index (χ2v) is 4.84. The van der Waals surface area contributed by atoms with E-state index in [1.54, 1.807) is 42.5 Å². The molecule has 1 N–H and O–H groups in total. The SMILES string of the molecule is Cc1ccc(C(=O)NCC(=O)c2ccccc2)cc1Cl. The zero-order valence-corrected chi connectivity index (χ0v) is 11.8. The lowest BCUT2D eigenvalue weighted by molar-refractivity contribution is 0.0904. The molecule has 1 amide bonds. The molecule has 2 rings (SSSR count). The molecule has 0 fully saturated rings. The van der Waals surface area contributed by atoms with Crippen molar-refractivity contribution in [2.24, 2.45) is 0 Å². The standard InChI is InChI=1S/C16H14ClNO2/c1-11-7-8-13(9-14(11)17)16(20)18-10-15(19)12-5-3-2-4-6-12/h2-9H,10H2,1H3,(H,18,20). The highest BCUT2D eigenvalue weighted by molar-refractivity contribution is 6.31. The van der Waals surface area contributed by atoms with Crippen LogP contribution >= 0.6 is 11.6 Å². The first kappa shape index (κ1) is 14.3. The van der Waals surface area contributed by atoms with Crippen molar-refractivity contribution in [3.8, 4) is 0 Å². The Labute approximate surface area is 122 Å². The van der Waals surface area contributed by atoms with Crippen molar-refractivity contribution in [3.05, 3.63) is 70.2 Å². The summed E-state index contributed by atoms with van der Waals surface area (Å²) >= 11 is 5.97. The van der Waals surface area contributed by atoms with E-state index in [0.717, 1.165) is 5.56 Å². The lowest BCUT2D eigenvalue weighted by atomic mass is 10.1. The summed E-state index contributed by atoms with van der Waals surface area (Å²) in [5.41, 5.74) is 1.93. The van der Waals surface area contributed by atoms with E-state index < -0.39 is 0 Å². The number of rotatable bonds is 4. The third-order valence-corrected chi connectivity index (χ3v) is 3.35. The molecule has 20 heavy (non-hydrogen) atoms. The maximum Gasteiger partial charge on any atom is 0.251 e. The van der Waals surface area contributed by atoms with Crippen LogP contribution in [0.4, 0.5) is 0 Å². The van der Waals surface area contributed by atoms with E-state index in [0.29, 0.717) is 16.1 Å². The number of halogens is 1. The van der Waals surface area contributed by atoms with Crippen LogP contribution in [0.15, 0.2) is 48.5 Å². The molecule has 0 saturated carbocycles. The minimum absolute atomic E-state index is 0.0334. The van der Waals surface area contributed by atoms with Gasteiger partial charge in [-0.25, -0.2) is 0 Å². The van der Waals surface area contributed by atoms with Gasteiger partial charge >= 0.3 is 0 Å². The van der Waals surface area contributed by atoms with E-state index in [-0.39, 0.29) is 18.2 Å². The fraction of sp³-hybridized carbons (Fsp3) is 0.125. The Morgan fingerprint density at radius 1 is 1.05 bits per heavy atom. The quantitative estimate of drug-likeness (QED) is 0.877. The Bertz CT molecular complexity index is 638. The van der Waals surface area contributed by atoms with Crippen molar-refractivity contribution in [2.75, 3.05) is 6.54 Å². The van der Waals surface area contributed by atoms with Gasteiger partial charge in [-0.1, -0.05) is 48.0 Å². The van der Waals surface area contributed by atoms with Crippen LogP contribution in [0.25, 0.3) is 0 Å². The van der Waals surface area contributed by atoms with Gasteiger partial charge in [0.15, 0.2) is 5.78 Å². The fourth-order valence-electron chi connectivity index (χ4n) is 1.72. The first-order valence-corrected chi connectivity index (χ1v) is 6.58. The van der Waals surface area contributed by atoms with Crippen LogP contribution in [0.3, 0.4) is 0 Å². The molecule has 0 unspecified atom stereocenters. The van der Waals surface area contributed by atoms with Gasteiger partial charge in [0.05, 0.1) is 6.54 Å². The molecule has 0 aliphatic rings. The smallest absolute Gasteiger partial charge is 0.251 e. The van der Waals surface area contributed by atoms with Gasteiger partial charge < -0.3 is 5.32 Å². The molecule has 0 heterocycles. The Balaban J connectivity index is 1.98. The van der Waals surface area contributed by atoms with Crippen LogP contribution in [0.5, 0.6) is 0 Å². The number of ketones is 1. The summed E-state index contributed by atoms with van der Waals surface area (Å²) < 4.78 is 0. The molecule has 0 bridgehead atoms. The van der Waals surface area contributed by atoms with Crippen molar-refractivity contribution in [3.63, 3.8) is 0 Å². The highest BCUT2D eigenvalue weighted by Gasteiger charge is 2.10. The number of nitrogens with one attached hydrogen (secondary N) is 1. The molecule has 0 radical (unpaired) electrons. The van der Waals surface area contributed by atoms with Crippen molar-refractivity contribution < 1.29 is 9.59 Å². The van der Waals surface area contributed by atoms with E-state index >= 15 is 0 Å². The second kappa shape index (κ2) is 6.35. The van der Waals surface area contributed by atoms with Gasteiger partial charge in [0.2, 0.25) is 0 Å². The van der Waals surface area contributed by atoms with Crippen molar-refractivity contribution in [2.45, 2.75) is 6.92 Å². The van der Waals surface area contributed by atoms with E-state index in [4.69, 9.17) is 11.6 Å². The summed E-state index contributed by atoms with van der Waals surface area (Å²) in [6.07, 6.45) is 0. The average molecular weight is 288 g/mol. The van der Waals surface area contributed by atoms with Gasteiger partial charge in [0, 0.05) is 16.1 Å². The van der Waals surface area contributed by atoms with Gasteiger partial charge in [-0.15, -0.1) is 0 Å². The van der Waals surface area contributed by atoms with Crippen molar-refractivity contribution >= 4 is 23.3 Å². The number of Topliss-reactive ketones (excluding diaryl/α,β-unsaturated/α-hetero) is 1. The van der Waals surface area contributed by atoms with Crippen LogP contribution in [0.1, 0.15) is 26.3 Å². The molecular formula is C16H14ClNO2. The molecule has 0 aromatic heterocycles. The molecule has 102 valence electrons. The van der Waals surface area contributed by atoms with Gasteiger partial charge in [-0.05, 0) is 24.6 Å². The fourth-order valence-corrected chi connectivity index (χ4v) is 1.90. The molecule has 4 heteroatoms. The number of amides is 1. The zero-order valence-electron chi connectivity index (χ0n) is 11.0. The summed E-state index contributed by atoms with van der Waals surface area (Å²) in [5.74, 6) is -0.437. The molecule has 3 nitrogen and oxygen atoms in total. The molecule has 0 aliphatic carbocycles. The number of aryl methyl sites for hydroxylation is 1. The normalized spacial score (nSPS) is 10.1. The predicted octanol–water partition coefficient (Wildman–Crippen LogP) is 3.26. The van der Waals surface area contributed by atoms with E-state index in [1.807, 2.05) is 13.0 Å². The summed E-state index contributed by atoms with van der Waals surface area (Å²) in [7, 11) is 0. The molecule has 0 atom stereocenters. The molecular weight excluding hydrogens is 274 g/mol. The topological polar surface area (TPSA) is 46.2 Å². The number of hydrogen-bond acceptors (Lipinski definition) is 2. The zero-order chi connectivity index (χ0) is 14.5. The molecule has 0 aliphatic heterocycles. The highest BCUT2D eigenvalue weighted by atomic mass is 35.5. The van der Waals surface area contributed by atoms with Crippen LogP contribution in [-0.4, -0.2) is 18.2 Å². The molecule has 0 spiro atoms. The number of carbonyl (C=O) groups is 2. The third-order valence-electron chi connectivity index (χ3n) is 2.94. The summed E-state index contributed by atoms with van der Waals surface area (Å²) in [4.78, 5) is 23.8. The largest absolute Gasteiger partial charge is 0.345 e. The molecule has 0 saturated heterocycles. The van der Waals surface area contributed by atoms with E-state index in [2.05, 4.69) is 5.32 Å². The molecule has 2 aromatic rings. The summed E-state index contributed by atoms with van der Waals surface area (Å²) in [6, 6.07) is 13.9. The maximum absolute atomic E-state index is 11.9. The lowest BCUT2D eigenvalue weighted by Gasteiger charge is -2.06. The van der Waals surface area contributed by atoms with Crippen LogP contribution in [0, 0.1) is 6.92 Å². The van der Waals surface area contributed by atoms with Crippen molar-refractivity contribution in [1.82, 2.24) is 5.32 Å². The van der Waals surface area contributed by atoms with Gasteiger partial charge in [0.1, 0.15) is 0 Å². The van der Waals surface area contributed by atoms with E-state index in [9.17, 15) is 9.59 Å². The summed E-state index contributed by atoms with van der Waals surface area (Å²) in [6.45, 7) is 1.83. The van der Waals surface area contributed by atoms with Gasteiger partial charge in [-0.3, -0.25) is 9.59 Å². The monoisotopic (exact) mass is 287 g/mol. The van der Waals surface area contributed by atoms with Gasteiger partial charge in [0.25, 0.3) is 5.91 Å². The maximum atomic E-state index is 11.9. The van der Waals surface area contributed by atoms with Crippen LogP contribution in [-0.2, 0) is 0 Å². The first-order chi connectivity index (χ1) is 9.58. The minimum atomic E-state index is -0.309. The second-order valence-electron chi connectivity index (χ2n) is 4.44. The Kier molecular flexibility index (Phi) is 4.53.